The largest absolute Gasteiger partial charge is 0.463 e. The minimum atomic E-state index is -0.307. The summed E-state index contributed by atoms with van der Waals surface area (Å²) in [6.07, 6.45) is 3.33. The predicted molar refractivity (Wildman–Crippen MR) is 95.8 cm³/mol. The van der Waals surface area contributed by atoms with Crippen molar-refractivity contribution in [1.29, 1.82) is 0 Å². The minimum Gasteiger partial charge on any atom is -0.463 e. The maximum absolute atomic E-state index is 11.6. The molecule has 0 aliphatic carbocycles. The summed E-state index contributed by atoms with van der Waals surface area (Å²) in [5.74, 6) is -0.307. The molecule has 0 N–H and O–H groups in total. The molecule has 0 fully saturated rings. The number of hydrogen-bond acceptors (Lipinski definition) is 2. The Bertz CT molecular complexity index is 1030. The van der Waals surface area contributed by atoms with Crippen LogP contribution in [-0.2, 0) is 9.53 Å². The second-order valence-corrected chi connectivity index (χ2v) is 5.60. The van der Waals surface area contributed by atoms with Gasteiger partial charge in [0.15, 0.2) is 0 Å². The molecule has 2 heteroatoms. The van der Waals surface area contributed by atoms with E-state index in [0.717, 1.165) is 10.9 Å². The summed E-state index contributed by atoms with van der Waals surface area (Å²) < 4.78 is 4.96. The van der Waals surface area contributed by atoms with Gasteiger partial charge in [-0.3, -0.25) is 0 Å². The zero-order chi connectivity index (χ0) is 15.8. The van der Waals surface area contributed by atoms with Crippen LogP contribution in [0.5, 0.6) is 0 Å². The van der Waals surface area contributed by atoms with E-state index in [1.807, 2.05) is 13.0 Å². The molecule has 0 saturated heterocycles. The van der Waals surface area contributed by atoms with Crippen molar-refractivity contribution in [1.82, 2.24) is 0 Å². The molecular weight excluding hydrogens is 284 g/mol. The van der Waals surface area contributed by atoms with Crippen molar-refractivity contribution in [3.8, 4) is 0 Å². The number of rotatable bonds is 3. The number of ether oxygens (including phenoxy) is 1. The van der Waals surface area contributed by atoms with Gasteiger partial charge in [-0.05, 0) is 50.9 Å². The van der Waals surface area contributed by atoms with Gasteiger partial charge >= 0.3 is 5.97 Å². The fourth-order valence-electron chi connectivity index (χ4n) is 3.25. The molecule has 0 saturated carbocycles. The summed E-state index contributed by atoms with van der Waals surface area (Å²) in [5, 5.41) is 7.41. The number of hydrogen-bond donors (Lipinski definition) is 0. The van der Waals surface area contributed by atoms with E-state index in [1.54, 1.807) is 0 Å². The van der Waals surface area contributed by atoms with Crippen LogP contribution in [0, 0.1) is 0 Å². The zero-order valence-corrected chi connectivity index (χ0v) is 12.9. The smallest absolute Gasteiger partial charge is 0.330 e. The lowest BCUT2D eigenvalue weighted by atomic mass is 9.92. The van der Waals surface area contributed by atoms with E-state index in [9.17, 15) is 4.79 Å². The van der Waals surface area contributed by atoms with Crippen molar-refractivity contribution in [3.05, 3.63) is 66.2 Å². The Morgan fingerprint density at radius 1 is 0.913 bits per heavy atom. The molecule has 0 radical (unpaired) electrons. The summed E-state index contributed by atoms with van der Waals surface area (Å²) in [6.45, 7) is 2.20. The second-order valence-electron chi connectivity index (χ2n) is 5.60. The Morgan fingerprint density at radius 2 is 1.57 bits per heavy atom. The molecule has 4 aromatic rings. The van der Waals surface area contributed by atoms with E-state index >= 15 is 0 Å². The van der Waals surface area contributed by atoms with E-state index in [2.05, 4.69) is 54.6 Å². The minimum absolute atomic E-state index is 0.307. The highest BCUT2D eigenvalue weighted by Gasteiger charge is 2.09. The molecule has 0 amide bonds. The first kappa shape index (κ1) is 13.8. The van der Waals surface area contributed by atoms with Crippen molar-refractivity contribution >= 4 is 44.4 Å². The van der Waals surface area contributed by atoms with Crippen molar-refractivity contribution in [2.24, 2.45) is 0 Å². The standard InChI is InChI=1S/C21H16O2/c1-2-23-19(22)13-11-14-6-7-17-9-8-15-4-3-5-16-10-12-18(14)21(17)20(15)16/h3-13H,2H2,1H3/b13-11+. The van der Waals surface area contributed by atoms with E-state index in [-0.39, 0.29) is 5.97 Å². The fourth-order valence-corrected chi connectivity index (χ4v) is 3.25. The summed E-state index contributed by atoms with van der Waals surface area (Å²) in [6, 6.07) is 19.1. The van der Waals surface area contributed by atoms with Crippen LogP contribution in [0.1, 0.15) is 12.5 Å². The molecule has 4 rings (SSSR count). The predicted octanol–water partition coefficient (Wildman–Crippen LogP) is 5.16. The molecule has 0 bridgehead atoms. The van der Waals surface area contributed by atoms with Crippen LogP contribution in [0.3, 0.4) is 0 Å². The molecule has 0 aliphatic heterocycles. The summed E-state index contributed by atoms with van der Waals surface area (Å²) in [5.41, 5.74) is 1.03. The van der Waals surface area contributed by atoms with Crippen molar-refractivity contribution in [2.75, 3.05) is 6.61 Å². The SMILES string of the molecule is CCOC(=O)/C=C/c1ccc2ccc3cccc4ccc1c2c34. The van der Waals surface area contributed by atoms with E-state index in [1.165, 1.54) is 33.0 Å². The molecule has 112 valence electrons. The van der Waals surface area contributed by atoms with Crippen LogP contribution in [0.2, 0.25) is 0 Å². The van der Waals surface area contributed by atoms with E-state index in [0.29, 0.717) is 6.61 Å². The average molecular weight is 300 g/mol. The van der Waals surface area contributed by atoms with Gasteiger partial charge in [-0.25, -0.2) is 4.79 Å². The maximum Gasteiger partial charge on any atom is 0.330 e. The van der Waals surface area contributed by atoms with Crippen LogP contribution in [-0.4, -0.2) is 12.6 Å². The second kappa shape index (κ2) is 5.40. The Hall–Kier alpha value is -2.87. The molecule has 0 atom stereocenters. The van der Waals surface area contributed by atoms with E-state index in [4.69, 9.17) is 4.74 Å². The third-order valence-corrected chi connectivity index (χ3v) is 4.25. The van der Waals surface area contributed by atoms with E-state index < -0.39 is 0 Å². The summed E-state index contributed by atoms with van der Waals surface area (Å²) >= 11 is 0. The Balaban J connectivity index is 1.98. The summed E-state index contributed by atoms with van der Waals surface area (Å²) in [7, 11) is 0. The lowest BCUT2D eigenvalue weighted by molar-refractivity contribution is -0.137. The summed E-state index contributed by atoms with van der Waals surface area (Å²) in [4.78, 5) is 11.6. The van der Waals surface area contributed by atoms with Crippen LogP contribution in [0.4, 0.5) is 0 Å². The topological polar surface area (TPSA) is 26.3 Å². The molecule has 0 aromatic heterocycles. The number of carbonyl (C=O) groups is 1. The normalized spacial score (nSPS) is 11.9. The van der Waals surface area contributed by atoms with Gasteiger partial charge in [0.05, 0.1) is 6.61 Å². The van der Waals surface area contributed by atoms with Crippen LogP contribution >= 0.6 is 0 Å². The third-order valence-electron chi connectivity index (χ3n) is 4.25. The first-order chi connectivity index (χ1) is 11.3. The Morgan fingerprint density at radius 3 is 2.30 bits per heavy atom. The maximum atomic E-state index is 11.6. The lowest BCUT2D eigenvalue weighted by Crippen LogP contribution is -1.98. The van der Waals surface area contributed by atoms with Gasteiger partial charge in [-0.1, -0.05) is 54.6 Å². The highest BCUT2D eigenvalue weighted by atomic mass is 16.5. The van der Waals surface area contributed by atoms with Crippen molar-refractivity contribution in [3.63, 3.8) is 0 Å². The highest BCUT2D eigenvalue weighted by Crippen LogP contribution is 2.36. The zero-order valence-electron chi connectivity index (χ0n) is 12.9. The molecule has 23 heavy (non-hydrogen) atoms. The number of benzene rings is 4. The molecule has 4 aromatic carbocycles. The van der Waals surface area contributed by atoms with Gasteiger partial charge in [0.25, 0.3) is 0 Å². The van der Waals surface area contributed by atoms with Gasteiger partial charge in [0.2, 0.25) is 0 Å². The first-order valence-corrected chi connectivity index (χ1v) is 7.79. The van der Waals surface area contributed by atoms with Crippen LogP contribution < -0.4 is 0 Å². The average Bonchev–Trinajstić information content (AvgIpc) is 2.58. The highest BCUT2D eigenvalue weighted by molar-refractivity contribution is 6.24. The number of esters is 1. The van der Waals surface area contributed by atoms with Gasteiger partial charge in [0, 0.05) is 6.08 Å². The first-order valence-electron chi connectivity index (χ1n) is 7.79. The molecule has 0 unspecified atom stereocenters. The molecule has 0 spiro atoms. The van der Waals surface area contributed by atoms with Gasteiger partial charge in [0.1, 0.15) is 0 Å². The lowest BCUT2D eigenvalue weighted by Gasteiger charge is -2.12. The van der Waals surface area contributed by atoms with Gasteiger partial charge in [-0.15, -0.1) is 0 Å². The van der Waals surface area contributed by atoms with Crippen molar-refractivity contribution < 1.29 is 9.53 Å². The van der Waals surface area contributed by atoms with Gasteiger partial charge < -0.3 is 4.74 Å². The quantitative estimate of drug-likeness (QED) is 0.297. The van der Waals surface area contributed by atoms with Crippen LogP contribution in [0.15, 0.2) is 60.7 Å². The third kappa shape index (κ3) is 2.23. The van der Waals surface area contributed by atoms with Gasteiger partial charge in [-0.2, -0.15) is 0 Å². The molecule has 0 heterocycles. The monoisotopic (exact) mass is 300 g/mol. The fraction of sp³-hybridized carbons (Fsp3) is 0.0952. The van der Waals surface area contributed by atoms with Crippen molar-refractivity contribution in [2.45, 2.75) is 6.92 Å². The molecule has 2 nitrogen and oxygen atoms in total. The van der Waals surface area contributed by atoms with Crippen LogP contribution in [0.25, 0.3) is 38.4 Å². The number of carbonyl (C=O) groups excluding carboxylic acids is 1. The Kier molecular flexibility index (Phi) is 3.23. The molecule has 0 aliphatic rings. The Labute approximate surface area is 134 Å². The molecular formula is C21H16O2.